The van der Waals surface area contributed by atoms with E-state index in [1.54, 1.807) is 7.11 Å². The molecule has 0 aliphatic carbocycles. The van der Waals surface area contributed by atoms with E-state index in [9.17, 15) is 4.79 Å². The Kier molecular flexibility index (Phi) is 4.07. The van der Waals surface area contributed by atoms with Gasteiger partial charge in [0.05, 0.1) is 19.3 Å². The van der Waals surface area contributed by atoms with E-state index >= 15 is 0 Å². The molecule has 1 heterocycles. The Morgan fingerprint density at radius 1 is 1.09 bits per heavy atom. The summed E-state index contributed by atoms with van der Waals surface area (Å²) in [5.74, 6) is 0.823. The van der Waals surface area contributed by atoms with Gasteiger partial charge in [-0.15, -0.1) is 0 Å². The molecule has 1 atom stereocenters. The Morgan fingerprint density at radius 2 is 1.74 bits per heavy atom. The van der Waals surface area contributed by atoms with Gasteiger partial charge in [0.1, 0.15) is 5.75 Å². The average Bonchev–Trinajstić information content (AvgIpc) is 2.90. The molecule has 0 unspecified atom stereocenters. The quantitative estimate of drug-likeness (QED) is 0.849. The number of ether oxygens (including phenoxy) is 1. The fourth-order valence-corrected chi connectivity index (χ4v) is 2.92. The maximum atomic E-state index is 12.7. The fourth-order valence-electron chi connectivity index (χ4n) is 2.92. The first-order valence-electron chi connectivity index (χ1n) is 7.60. The maximum absolute atomic E-state index is 12.7. The van der Waals surface area contributed by atoms with Crippen LogP contribution in [0.5, 0.6) is 5.75 Å². The largest absolute Gasteiger partial charge is 0.497 e. The number of benzene rings is 2. The molecule has 4 N–H and O–H groups in total. The molecule has 0 saturated carbocycles. The minimum absolute atomic E-state index is 0.0178. The van der Waals surface area contributed by atoms with Crippen LogP contribution < -0.4 is 16.2 Å². The summed E-state index contributed by atoms with van der Waals surface area (Å²) in [6.07, 6.45) is -0.568. The van der Waals surface area contributed by atoms with Gasteiger partial charge >= 0.3 is 0 Å². The van der Waals surface area contributed by atoms with Crippen LogP contribution in [0.2, 0.25) is 0 Å². The van der Waals surface area contributed by atoms with Gasteiger partial charge in [-0.3, -0.25) is 4.79 Å². The molecule has 1 aliphatic heterocycles. The lowest BCUT2D eigenvalue weighted by molar-refractivity contribution is 0.0716. The second-order valence-electron chi connectivity index (χ2n) is 5.82. The lowest BCUT2D eigenvalue weighted by Crippen LogP contribution is -2.27. The summed E-state index contributed by atoms with van der Waals surface area (Å²) in [6, 6.07) is 13.4. The number of hydrogen-bond acceptors (Lipinski definition) is 4. The molecular formula is C18H21N3O2. The van der Waals surface area contributed by atoms with Gasteiger partial charge in [-0.2, -0.15) is 0 Å². The van der Waals surface area contributed by atoms with Crippen molar-refractivity contribution in [3.05, 3.63) is 64.7 Å². The third-order valence-electron chi connectivity index (χ3n) is 4.42. The number of carbonyl (C=O) groups excluding carboxylic acids is 1. The summed E-state index contributed by atoms with van der Waals surface area (Å²) in [5.41, 5.74) is 15.0. The van der Waals surface area contributed by atoms with Crippen LogP contribution in [-0.4, -0.2) is 17.9 Å². The SMILES string of the molecule is COc1ccc([C@H](C)N2Cc3ccc(C(N)N)cc3C2=O)cc1. The highest BCUT2D eigenvalue weighted by Crippen LogP contribution is 2.32. The highest BCUT2D eigenvalue weighted by atomic mass is 16.5. The molecule has 0 saturated heterocycles. The van der Waals surface area contributed by atoms with Crippen LogP contribution >= 0.6 is 0 Å². The lowest BCUT2D eigenvalue weighted by Gasteiger charge is -2.24. The molecule has 0 bridgehead atoms. The van der Waals surface area contributed by atoms with E-state index in [-0.39, 0.29) is 11.9 Å². The van der Waals surface area contributed by atoms with Crippen LogP contribution in [0.25, 0.3) is 0 Å². The van der Waals surface area contributed by atoms with Crippen molar-refractivity contribution >= 4 is 5.91 Å². The number of fused-ring (bicyclic) bond motifs is 1. The highest BCUT2D eigenvalue weighted by Gasteiger charge is 2.31. The van der Waals surface area contributed by atoms with Crippen LogP contribution in [0.1, 0.15) is 46.2 Å². The van der Waals surface area contributed by atoms with Gasteiger partial charge < -0.3 is 21.1 Å². The van der Waals surface area contributed by atoms with E-state index in [4.69, 9.17) is 16.2 Å². The molecule has 0 radical (unpaired) electrons. The van der Waals surface area contributed by atoms with Crippen molar-refractivity contribution in [1.82, 2.24) is 4.90 Å². The first kappa shape index (κ1) is 15.5. The molecule has 2 aromatic carbocycles. The monoisotopic (exact) mass is 311 g/mol. The molecule has 120 valence electrons. The predicted octanol–water partition coefficient (Wildman–Crippen LogP) is 2.33. The summed E-state index contributed by atoms with van der Waals surface area (Å²) in [5, 5.41) is 0. The highest BCUT2D eigenvalue weighted by molar-refractivity contribution is 5.98. The minimum atomic E-state index is -0.568. The summed E-state index contributed by atoms with van der Waals surface area (Å²) < 4.78 is 5.18. The van der Waals surface area contributed by atoms with Crippen LogP contribution in [0.4, 0.5) is 0 Å². The van der Waals surface area contributed by atoms with Gasteiger partial charge in [0, 0.05) is 12.1 Å². The summed E-state index contributed by atoms with van der Waals surface area (Å²) in [4.78, 5) is 14.6. The fraction of sp³-hybridized carbons (Fsp3) is 0.278. The van der Waals surface area contributed by atoms with Crippen LogP contribution in [0.15, 0.2) is 42.5 Å². The zero-order valence-electron chi connectivity index (χ0n) is 13.3. The summed E-state index contributed by atoms with van der Waals surface area (Å²) >= 11 is 0. The van der Waals surface area contributed by atoms with Gasteiger partial charge in [-0.05, 0) is 41.8 Å². The number of methoxy groups -OCH3 is 1. The van der Waals surface area contributed by atoms with E-state index in [1.807, 2.05) is 54.3 Å². The molecule has 23 heavy (non-hydrogen) atoms. The molecule has 0 fully saturated rings. The van der Waals surface area contributed by atoms with Crippen molar-refractivity contribution < 1.29 is 9.53 Å². The summed E-state index contributed by atoms with van der Waals surface area (Å²) in [6.45, 7) is 2.63. The first-order chi connectivity index (χ1) is 11.0. The first-order valence-corrected chi connectivity index (χ1v) is 7.60. The lowest BCUT2D eigenvalue weighted by atomic mass is 10.0. The number of amides is 1. The second-order valence-corrected chi connectivity index (χ2v) is 5.82. The van der Waals surface area contributed by atoms with Crippen LogP contribution in [0.3, 0.4) is 0 Å². The van der Waals surface area contributed by atoms with Gasteiger partial charge in [0.25, 0.3) is 5.91 Å². The average molecular weight is 311 g/mol. The Hall–Kier alpha value is -2.37. The van der Waals surface area contributed by atoms with E-state index in [2.05, 4.69) is 0 Å². The smallest absolute Gasteiger partial charge is 0.255 e. The molecule has 1 amide bonds. The van der Waals surface area contributed by atoms with Crippen LogP contribution in [0, 0.1) is 0 Å². The number of nitrogens with zero attached hydrogens (tertiary/aromatic N) is 1. The molecule has 0 aromatic heterocycles. The third kappa shape index (κ3) is 2.81. The van der Waals surface area contributed by atoms with Crippen molar-refractivity contribution in [3.63, 3.8) is 0 Å². The van der Waals surface area contributed by atoms with Crippen LogP contribution in [-0.2, 0) is 6.54 Å². The molecule has 5 heteroatoms. The molecule has 0 spiro atoms. The topological polar surface area (TPSA) is 81.6 Å². The zero-order valence-corrected chi connectivity index (χ0v) is 13.3. The standard InChI is InChI=1S/C18H21N3O2/c1-11(12-5-7-15(23-2)8-6-12)21-10-14-4-3-13(17(19)20)9-16(14)18(21)22/h3-9,11,17H,10,19-20H2,1-2H3/t11-/m0/s1. The van der Waals surface area contributed by atoms with E-state index < -0.39 is 6.17 Å². The van der Waals surface area contributed by atoms with Crippen molar-refractivity contribution in [1.29, 1.82) is 0 Å². The Morgan fingerprint density at radius 3 is 2.35 bits per heavy atom. The Labute approximate surface area is 135 Å². The predicted molar refractivity (Wildman–Crippen MR) is 88.8 cm³/mol. The van der Waals surface area contributed by atoms with Crippen molar-refractivity contribution in [2.45, 2.75) is 25.7 Å². The Balaban J connectivity index is 1.85. The molecule has 1 aliphatic rings. The number of nitrogens with two attached hydrogens (primary N) is 2. The van der Waals surface area contributed by atoms with E-state index in [1.165, 1.54) is 0 Å². The number of hydrogen-bond donors (Lipinski definition) is 2. The van der Waals surface area contributed by atoms with E-state index in [0.29, 0.717) is 12.1 Å². The summed E-state index contributed by atoms with van der Waals surface area (Å²) in [7, 11) is 1.64. The van der Waals surface area contributed by atoms with Crippen molar-refractivity contribution in [2.75, 3.05) is 7.11 Å². The second kappa shape index (κ2) is 6.02. The maximum Gasteiger partial charge on any atom is 0.255 e. The normalized spacial score (nSPS) is 15.0. The van der Waals surface area contributed by atoms with Gasteiger partial charge in [0.15, 0.2) is 0 Å². The van der Waals surface area contributed by atoms with Gasteiger partial charge in [-0.1, -0.05) is 24.3 Å². The minimum Gasteiger partial charge on any atom is -0.497 e. The zero-order chi connectivity index (χ0) is 16.6. The van der Waals surface area contributed by atoms with Gasteiger partial charge in [-0.25, -0.2) is 0 Å². The number of carbonyl (C=O) groups is 1. The van der Waals surface area contributed by atoms with E-state index in [0.717, 1.165) is 22.4 Å². The third-order valence-corrected chi connectivity index (χ3v) is 4.42. The van der Waals surface area contributed by atoms with Gasteiger partial charge in [0.2, 0.25) is 0 Å². The Bertz CT molecular complexity index is 726. The van der Waals surface area contributed by atoms with Crippen molar-refractivity contribution in [2.24, 2.45) is 11.5 Å². The van der Waals surface area contributed by atoms with Crippen molar-refractivity contribution in [3.8, 4) is 5.75 Å². The molecule has 3 rings (SSSR count). The molecule has 2 aromatic rings. The molecule has 5 nitrogen and oxygen atoms in total. The number of rotatable bonds is 4. The molecular weight excluding hydrogens is 290 g/mol.